The van der Waals surface area contributed by atoms with Crippen molar-refractivity contribution in [1.29, 1.82) is 0 Å². The fraction of sp³-hybridized carbons (Fsp3) is 0. The first-order chi connectivity index (χ1) is 5.27. The van der Waals surface area contributed by atoms with Gasteiger partial charge in [-0.15, -0.1) is 0 Å². The lowest BCUT2D eigenvalue weighted by molar-refractivity contribution is 1.26. The molecule has 0 unspecified atom stereocenters. The molecule has 3 nitrogen and oxygen atoms in total. The van der Waals surface area contributed by atoms with Gasteiger partial charge < -0.3 is 9.97 Å². The Morgan fingerprint density at radius 3 is 2.91 bits per heavy atom. The van der Waals surface area contributed by atoms with E-state index in [1.807, 2.05) is 0 Å². The lowest BCUT2D eigenvalue weighted by Gasteiger charge is -1.86. The van der Waals surface area contributed by atoms with Crippen LogP contribution >= 0.6 is 15.9 Å². The molecular weight excluding hydrogens is 208 g/mol. The second-order valence-corrected chi connectivity index (χ2v) is 3.12. The van der Waals surface area contributed by atoms with Crippen molar-refractivity contribution in [2.24, 2.45) is 0 Å². The molecular formula is C7H5BrN2O. The normalized spacial score (nSPS) is 10.6. The van der Waals surface area contributed by atoms with Crippen LogP contribution in [0.25, 0.3) is 10.9 Å². The lowest BCUT2D eigenvalue weighted by atomic mass is 10.3. The first kappa shape index (κ1) is 6.67. The van der Waals surface area contributed by atoms with E-state index < -0.39 is 0 Å². The molecule has 0 aliphatic carbocycles. The number of H-pyrrole nitrogens is 2. The summed E-state index contributed by atoms with van der Waals surface area (Å²) in [6, 6.07) is 1.53. The van der Waals surface area contributed by atoms with E-state index in [1.165, 1.54) is 6.07 Å². The summed E-state index contributed by atoms with van der Waals surface area (Å²) in [5.74, 6) is 0. The Hall–Kier alpha value is -1.03. The van der Waals surface area contributed by atoms with E-state index in [1.54, 1.807) is 12.4 Å². The summed E-state index contributed by atoms with van der Waals surface area (Å²) in [5, 5.41) is 0.990. The van der Waals surface area contributed by atoms with E-state index >= 15 is 0 Å². The molecule has 0 fully saturated rings. The molecule has 0 spiro atoms. The molecule has 0 atom stereocenters. The summed E-state index contributed by atoms with van der Waals surface area (Å²) in [7, 11) is 0. The van der Waals surface area contributed by atoms with Crippen molar-refractivity contribution >= 4 is 26.8 Å². The second kappa shape index (κ2) is 2.23. The van der Waals surface area contributed by atoms with E-state index in [2.05, 4.69) is 25.9 Å². The van der Waals surface area contributed by atoms with Crippen LogP contribution in [-0.2, 0) is 0 Å². The minimum absolute atomic E-state index is 0.0909. The standard InChI is InChI=1S/C7H5BrN2O/c8-5-3-9-6-1-7(11)10-2-4(5)6/h1-3,9H,(H,10,11). The monoisotopic (exact) mass is 212 g/mol. The van der Waals surface area contributed by atoms with Gasteiger partial charge in [0, 0.05) is 28.3 Å². The predicted octanol–water partition coefficient (Wildman–Crippen LogP) is 1.62. The van der Waals surface area contributed by atoms with Gasteiger partial charge in [0.25, 0.3) is 0 Å². The molecule has 56 valence electrons. The molecule has 0 saturated carbocycles. The number of aromatic nitrogens is 2. The average Bonchev–Trinajstić information content (AvgIpc) is 2.32. The van der Waals surface area contributed by atoms with Crippen molar-refractivity contribution in [2.75, 3.05) is 0 Å². The maximum absolute atomic E-state index is 10.8. The molecule has 2 aromatic rings. The Morgan fingerprint density at radius 1 is 1.27 bits per heavy atom. The van der Waals surface area contributed by atoms with Crippen LogP contribution in [0.4, 0.5) is 0 Å². The van der Waals surface area contributed by atoms with Gasteiger partial charge in [-0.3, -0.25) is 4.79 Å². The van der Waals surface area contributed by atoms with Gasteiger partial charge in [0.2, 0.25) is 5.56 Å². The van der Waals surface area contributed by atoms with Gasteiger partial charge >= 0.3 is 0 Å². The number of nitrogens with one attached hydrogen (secondary N) is 2. The van der Waals surface area contributed by atoms with Gasteiger partial charge in [-0.1, -0.05) is 0 Å². The molecule has 0 radical (unpaired) electrons. The molecule has 2 rings (SSSR count). The fourth-order valence-electron chi connectivity index (χ4n) is 1.01. The van der Waals surface area contributed by atoms with Crippen molar-refractivity contribution in [3.63, 3.8) is 0 Å². The highest BCUT2D eigenvalue weighted by Crippen LogP contribution is 2.20. The zero-order chi connectivity index (χ0) is 7.84. The van der Waals surface area contributed by atoms with Gasteiger partial charge in [0.05, 0.1) is 5.52 Å². The van der Waals surface area contributed by atoms with Gasteiger partial charge in [-0.2, -0.15) is 0 Å². The third kappa shape index (κ3) is 0.991. The molecule has 0 aromatic carbocycles. The van der Waals surface area contributed by atoms with Crippen molar-refractivity contribution in [2.45, 2.75) is 0 Å². The summed E-state index contributed by atoms with van der Waals surface area (Å²) < 4.78 is 0.962. The largest absolute Gasteiger partial charge is 0.360 e. The van der Waals surface area contributed by atoms with Crippen LogP contribution in [0.2, 0.25) is 0 Å². The quantitative estimate of drug-likeness (QED) is 0.686. The highest BCUT2D eigenvalue weighted by molar-refractivity contribution is 9.10. The summed E-state index contributed by atoms with van der Waals surface area (Å²) in [4.78, 5) is 16.4. The number of pyridine rings is 1. The highest BCUT2D eigenvalue weighted by atomic mass is 79.9. The molecule has 4 heteroatoms. The van der Waals surface area contributed by atoms with E-state index in [4.69, 9.17) is 0 Å². The number of aromatic amines is 2. The van der Waals surface area contributed by atoms with Gasteiger partial charge in [0.15, 0.2) is 0 Å². The Balaban J connectivity index is 2.96. The summed E-state index contributed by atoms with van der Waals surface area (Å²) in [6.45, 7) is 0. The molecule has 11 heavy (non-hydrogen) atoms. The molecule has 0 saturated heterocycles. The first-order valence-corrected chi connectivity index (χ1v) is 3.92. The van der Waals surface area contributed by atoms with Crippen LogP contribution < -0.4 is 5.56 Å². The molecule has 2 heterocycles. The van der Waals surface area contributed by atoms with E-state index in [-0.39, 0.29) is 5.56 Å². The van der Waals surface area contributed by atoms with E-state index in [0.717, 1.165) is 15.4 Å². The van der Waals surface area contributed by atoms with Crippen molar-refractivity contribution < 1.29 is 0 Å². The number of hydrogen-bond acceptors (Lipinski definition) is 1. The molecule has 0 aliphatic rings. The highest BCUT2D eigenvalue weighted by Gasteiger charge is 1.98. The number of hydrogen-bond donors (Lipinski definition) is 2. The summed E-state index contributed by atoms with van der Waals surface area (Å²) in [6.07, 6.45) is 3.48. The van der Waals surface area contributed by atoms with Crippen LogP contribution in [0, 0.1) is 0 Å². The number of halogens is 1. The zero-order valence-corrected chi connectivity index (χ0v) is 7.10. The topological polar surface area (TPSA) is 48.6 Å². The number of rotatable bonds is 0. The molecule has 2 N–H and O–H groups in total. The summed E-state index contributed by atoms with van der Waals surface area (Å²) >= 11 is 3.34. The molecule has 0 amide bonds. The number of fused-ring (bicyclic) bond motifs is 1. The molecule has 0 bridgehead atoms. The maximum atomic E-state index is 10.8. The third-order valence-electron chi connectivity index (χ3n) is 1.54. The Kier molecular flexibility index (Phi) is 1.35. The van der Waals surface area contributed by atoms with E-state index in [0.29, 0.717) is 0 Å². The van der Waals surface area contributed by atoms with Crippen LogP contribution in [0.5, 0.6) is 0 Å². The fourth-order valence-corrected chi connectivity index (χ4v) is 1.45. The lowest BCUT2D eigenvalue weighted by Crippen LogP contribution is -2.00. The van der Waals surface area contributed by atoms with Crippen LogP contribution in [0.3, 0.4) is 0 Å². The van der Waals surface area contributed by atoms with E-state index in [9.17, 15) is 4.79 Å². The minimum atomic E-state index is -0.0909. The second-order valence-electron chi connectivity index (χ2n) is 2.26. The van der Waals surface area contributed by atoms with Gasteiger partial charge in [-0.25, -0.2) is 0 Å². The van der Waals surface area contributed by atoms with Crippen molar-refractivity contribution in [3.8, 4) is 0 Å². The smallest absolute Gasteiger partial charge is 0.250 e. The minimum Gasteiger partial charge on any atom is -0.360 e. The Bertz CT molecular complexity index is 443. The third-order valence-corrected chi connectivity index (χ3v) is 2.19. The first-order valence-electron chi connectivity index (χ1n) is 3.13. The average molecular weight is 213 g/mol. The summed E-state index contributed by atoms with van der Waals surface area (Å²) in [5.41, 5.74) is 0.757. The van der Waals surface area contributed by atoms with Crippen molar-refractivity contribution in [1.82, 2.24) is 9.97 Å². The Labute approximate surface area is 70.6 Å². The van der Waals surface area contributed by atoms with Gasteiger partial charge in [-0.05, 0) is 15.9 Å². The van der Waals surface area contributed by atoms with Crippen LogP contribution in [0.1, 0.15) is 0 Å². The maximum Gasteiger partial charge on any atom is 0.250 e. The van der Waals surface area contributed by atoms with Gasteiger partial charge in [0.1, 0.15) is 0 Å². The van der Waals surface area contributed by atoms with Crippen LogP contribution in [0.15, 0.2) is 27.7 Å². The Morgan fingerprint density at radius 2 is 2.09 bits per heavy atom. The molecule has 0 aliphatic heterocycles. The molecule has 2 aromatic heterocycles. The van der Waals surface area contributed by atoms with Crippen molar-refractivity contribution in [3.05, 3.63) is 33.3 Å². The predicted molar refractivity (Wildman–Crippen MR) is 46.6 cm³/mol. The van der Waals surface area contributed by atoms with Crippen LogP contribution in [-0.4, -0.2) is 9.97 Å². The zero-order valence-electron chi connectivity index (χ0n) is 5.52. The SMILES string of the molecule is O=c1cc2[nH]cc(Br)c2c[nH]1.